The molecule has 19 heavy (non-hydrogen) atoms. The van der Waals surface area contributed by atoms with Crippen molar-refractivity contribution in [3.8, 4) is 0 Å². The van der Waals surface area contributed by atoms with Gasteiger partial charge in [0.2, 0.25) is 5.91 Å². The molecule has 0 bridgehead atoms. The number of hydrogen-bond acceptors (Lipinski definition) is 3. The van der Waals surface area contributed by atoms with Crippen LogP contribution in [0.4, 0.5) is 0 Å². The van der Waals surface area contributed by atoms with Gasteiger partial charge in [-0.25, -0.2) is 0 Å². The predicted octanol–water partition coefficient (Wildman–Crippen LogP) is 1.77. The Kier molecular flexibility index (Phi) is 5.81. The molecule has 0 aromatic heterocycles. The van der Waals surface area contributed by atoms with Crippen LogP contribution in [0.1, 0.15) is 41.0 Å². The van der Waals surface area contributed by atoms with Gasteiger partial charge in [0.1, 0.15) is 0 Å². The highest BCUT2D eigenvalue weighted by molar-refractivity contribution is 5.84. The van der Waals surface area contributed by atoms with Crippen molar-refractivity contribution in [2.75, 3.05) is 20.6 Å². The molecule has 112 valence electrons. The highest BCUT2D eigenvalue weighted by atomic mass is 16.2. The van der Waals surface area contributed by atoms with Gasteiger partial charge in [0.05, 0.1) is 12.2 Å². The molecule has 1 saturated heterocycles. The summed E-state index contributed by atoms with van der Waals surface area (Å²) in [5.41, 5.74) is 0. The first kappa shape index (κ1) is 16.4. The van der Waals surface area contributed by atoms with E-state index in [1.807, 2.05) is 0 Å². The maximum absolute atomic E-state index is 12.6. The Morgan fingerprint density at radius 1 is 1.26 bits per heavy atom. The average molecular weight is 269 g/mol. The molecular weight excluding hydrogens is 238 g/mol. The summed E-state index contributed by atoms with van der Waals surface area (Å²) in [6, 6.07) is 0.273. The largest absolute Gasteiger partial charge is 0.321 e. The third-order valence-corrected chi connectivity index (χ3v) is 3.94. The smallest absolute Gasteiger partial charge is 0.241 e. The van der Waals surface area contributed by atoms with E-state index < -0.39 is 0 Å². The topological polar surface area (TPSA) is 35.6 Å². The minimum absolute atomic E-state index is 0.00388. The number of carbonyl (C=O) groups is 1. The molecule has 1 amide bonds. The predicted molar refractivity (Wildman–Crippen MR) is 79.9 cm³/mol. The molecule has 1 rings (SSSR count). The van der Waals surface area contributed by atoms with Crippen LogP contribution in [-0.4, -0.2) is 54.6 Å². The summed E-state index contributed by atoms with van der Waals surface area (Å²) in [6.07, 6.45) is 1.04. The second-order valence-corrected chi connectivity index (χ2v) is 6.64. The normalized spacial score (nSPS) is 26.0. The Balaban J connectivity index is 2.99. The Morgan fingerprint density at radius 3 is 2.21 bits per heavy atom. The Hall–Kier alpha value is -0.610. The molecule has 0 radical (unpaired) electrons. The van der Waals surface area contributed by atoms with E-state index in [2.05, 4.69) is 63.8 Å². The minimum Gasteiger partial charge on any atom is -0.321 e. The van der Waals surface area contributed by atoms with Gasteiger partial charge in [-0.2, -0.15) is 0 Å². The number of nitrogens with one attached hydrogen (secondary N) is 1. The average Bonchev–Trinajstić information content (AvgIpc) is 2.62. The van der Waals surface area contributed by atoms with E-state index >= 15 is 0 Å². The summed E-state index contributed by atoms with van der Waals surface area (Å²) in [7, 11) is 4.15. The molecule has 0 aromatic rings. The fourth-order valence-electron chi connectivity index (χ4n) is 2.84. The van der Waals surface area contributed by atoms with Crippen LogP contribution < -0.4 is 5.32 Å². The quantitative estimate of drug-likeness (QED) is 0.798. The highest BCUT2D eigenvalue weighted by Gasteiger charge is 2.43. The molecule has 3 unspecified atom stereocenters. The summed E-state index contributed by atoms with van der Waals surface area (Å²) >= 11 is 0. The van der Waals surface area contributed by atoms with Crippen LogP contribution in [0.3, 0.4) is 0 Å². The minimum atomic E-state index is -0.00388. The number of nitrogens with zero attached hydrogens (tertiary/aromatic N) is 2. The van der Waals surface area contributed by atoms with Crippen molar-refractivity contribution in [3.05, 3.63) is 0 Å². The number of carbonyl (C=O) groups excluding carboxylic acids is 1. The first-order chi connectivity index (χ1) is 8.79. The van der Waals surface area contributed by atoms with Crippen molar-refractivity contribution in [1.82, 2.24) is 15.1 Å². The van der Waals surface area contributed by atoms with Crippen LogP contribution in [0, 0.1) is 11.8 Å². The van der Waals surface area contributed by atoms with Crippen molar-refractivity contribution in [1.29, 1.82) is 0 Å². The second-order valence-electron chi connectivity index (χ2n) is 6.64. The van der Waals surface area contributed by atoms with Crippen LogP contribution in [-0.2, 0) is 4.79 Å². The number of amides is 1. The molecule has 1 fully saturated rings. The summed E-state index contributed by atoms with van der Waals surface area (Å²) in [5.74, 6) is 1.18. The summed E-state index contributed by atoms with van der Waals surface area (Å²) in [6.45, 7) is 11.8. The zero-order chi connectivity index (χ0) is 14.7. The van der Waals surface area contributed by atoms with E-state index in [1.165, 1.54) is 0 Å². The van der Waals surface area contributed by atoms with Gasteiger partial charge < -0.3 is 9.80 Å². The highest BCUT2D eigenvalue weighted by Crippen LogP contribution is 2.25. The van der Waals surface area contributed by atoms with Gasteiger partial charge in [-0.1, -0.05) is 34.6 Å². The molecule has 4 heteroatoms. The third-order valence-electron chi connectivity index (χ3n) is 3.94. The fraction of sp³-hybridized carbons (Fsp3) is 0.933. The molecule has 0 spiro atoms. The zero-order valence-corrected chi connectivity index (χ0v) is 13.6. The number of likely N-dealkylation sites (N-methyl/N-ethyl adjacent to an activating group) is 1. The lowest BCUT2D eigenvalue weighted by Gasteiger charge is -2.38. The van der Waals surface area contributed by atoms with Crippen molar-refractivity contribution >= 4 is 5.91 Å². The Morgan fingerprint density at radius 2 is 1.84 bits per heavy atom. The maximum atomic E-state index is 12.6. The first-order valence-corrected chi connectivity index (χ1v) is 7.52. The van der Waals surface area contributed by atoms with Crippen LogP contribution in [0.25, 0.3) is 0 Å². The molecule has 1 aliphatic rings. The first-order valence-electron chi connectivity index (χ1n) is 7.52. The SMILES string of the molecule is CCC1NC(C(C)C)N(C(CN(C)C)C(C)C)C1=O. The fourth-order valence-corrected chi connectivity index (χ4v) is 2.84. The van der Waals surface area contributed by atoms with Crippen LogP contribution in [0.2, 0.25) is 0 Å². The molecule has 1 N–H and O–H groups in total. The zero-order valence-electron chi connectivity index (χ0n) is 13.6. The van der Waals surface area contributed by atoms with Crippen molar-refractivity contribution < 1.29 is 4.79 Å². The van der Waals surface area contributed by atoms with Gasteiger partial charge in [-0.3, -0.25) is 10.1 Å². The lowest BCUT2D eigenvalue weighted by atomic mass is 9.99. The van der Waals surface area contributed by atoms with E-state index in [1.54, 1.807) is 0 Å². The van der Waals surface area contributed by atoms with E-state index in [0.717, 1.165) is 13.0 Å². The van der Waals surface area contributed by atoms with E-state index in [0.29, 0.717) is 11.8 Å². The molecule has 3 atom stereocenters. The monoisotopic (exact) mass is 269 g/mol. The van der Waals surface area contributed by atoms with Gasteiger partial charge in [0, 0.05) is 12.6 Å². The van der Waals surface area contributed by atoms with Gasteiger partial charge in [-0.05, 0) is 32.4 Å². The number of hydrogen-bond donors (Lipinski definition) is 1. The Labute approximate surface area is 118 Å². The standard InChI is InChI=1S/C15H31N3O/c1-8-12-15(19)18(14(16-12)11(4)5)13(10(2)3)9-17(6)7/h10-14,16H,8-9H2,1-7H3. The lowest BCUT2D eigenvalue weighted by Crippen LogP contribution is -2.53. The summed E-state index contributed by atoms with van der Waals surface area (Å²) in [5, 5.41) is 3.51. The van der Waals surface area contributed by atoms with E-state index in [9.17, 15) is 4.79 Å². The summed E-state index contributed by atoms with van der Waals surface area (Å²) in [4.78, 5) is 16.9. The van der Waals surface area contributed by atoms with Gasteiger partial charge in [0.15, 0.2) is 0 Å². The van der Waals surface area contributed by atoms with Crippen LogP contribution >= 0.6 is 0 Å². The molecule has 0 saturated carbocycles. The molecule has 0 aliphatic carbocycles. The molecule has 1 heterocycles. The van der Waals surface area contributed by atoms with Gasteiger partial charge >= 0.3 is 0 Å². The molecular formula is C15H31N3O. The third kappa shape index (κ3) is 3.69. The van der Waals surface area contributed by atoms with E-state index in [4.69, 9.17) is 0 Å². The molecule has 1 aliphatic heterocycles. The second kappa shape index (κ2) is 6.71. The van der Waals surface area contributed by atoms with Crippen LogP contribution in [0.15, 0.2) is 0 Å². The molecule has 0 aromatic carbocycles. The van der Waals surface area contributed by atoms with Crippen molar-refractivity contribution in [3.63, 3.8) is 0 Å². The van der Waals surface area contributed by atoms with Crippen molar-refractivity contribution in [2.45, 2.75) is 59.3 Å². The van der Waals surface area contributed by atoms with E-state index in [-0.39, 0.29) is 24.2 Å². The Bertz CT molecular complexity index is 302. The lowest BCUT2D eigenvalue weighted by molar-refractivity contribution is -0.134. The maximum Gasteiger partial charge on any atom is 0.241 e. The van der Waals surface area contributed by atoms with Crippen molar-refractivity contribution in [2.24, 2.45) is 11.8 Å². The van der Waals surface area contributed by atoms with Gasteiger partial charge in [-0.15, -0.1) is 0 Å². The molecule has 4 nitrogen and oxygen atoms in total. The van der Waals surface area contributed by atoms with Gasteiger partial charge in [0.25, 0.3) is 0 Å². The van der Waals surface area contributed by atoms with Crippen LogP contribution in [0.5, 0.6) is 0 Å². The summed E-state index contributed by atoms with van der Waals surface area (Å²) < 4.78 is 0. The number of rotatable bonds is 6.